The Bertz CT molecular complexity index is 1170. The van der Waals surface area contributed by atoms with Crippen LogP contribution in [0.5, 0.6) is 0 Å². The summed E-state index contributed by atoms with van der Waals surface area (Å²) in [7, 11) is 0. The quantitative estimate of drug-likeness (QED) is 0.584. The van der Waals surface area contributed by atoms with E-state index in [0.29, 0.717) is 22.0 Å². The van der Waals surface area contributed by atoms with E-state index in [0.717, 1.165) is 29.7 Å². The van der Waals surface area contributed by atoms with E-state index >= 15 is 0 Å². The zero-order valence-corrected chi connectivity index (χ0v) is 18.0. The number of rotatable bonds is 6. The van der Waals surface area contributed by atoms with E-state index in [4.69, 9.17) is 9.15 Å². The maximum absolute atomic E-state index is 12.8. The molecule has 0 saturated heterocycles. The third kappa shape index (κ3) is 4.43. The molecule has 162 valence electrons. The van der Waals surface area contributed by atoms with Gasteiger partial charge >= 0.3 is 5.97 Å². The molecule has 0 unspecified atom stereocenters. The van der Waals surface area contributed by atoms with E-state index in [-0.39, 0.29) is 24.6 Å². The van der Waals surface area contributed by atoms with Crippen molar-refractivity contribution in [1.29, 1.82) is 0 Å². The van der Waals surface area contributed by atoms with Crippen LogP contribution in [0.1, 0.15) is 41.1 Å². The number of nitrogens with one attached hydrogen (secondary N) is 1. The van der Waals surface area contributed by atoms with Crippen molar-refractivity contribution in [2.45, 2.75) is 39.7 Å². The molecule has 0 radical (unpaired) electrons. The molecular formula is C21H22N4O5S. The maximum Gasteiger partial charge on any atom is 0.341 e. The average Bonchev–Trinajstić information content (AvgIpc) is 3.37. The molecule has 9 nitrogen and oxygen atoms in total. The summed E-state index contributed by atoms with van der Waals surface area (Å²) >= 11 is 1.41. The van der Waals surface area contributed by atoms with Crippen molar-refractivity contribution in [2.75, 3.05) is 11.9 Å². The third-order valence-corrected chi connectivity index (χ3v) is 6.32. The van der Waals surface area contributed by atoms with Crippen molar-refractivity contribution in [3.05, 3.63) is 51.1 Å². The summed E-state index contributed by atoms with van der Waals surface area (Å²) in [4.78, 5) is 38.7. The highest BCUT2D eigenvalue weighted by Crippen LogP contribution is 2.40. The molecule has 4 rings (SSSR count). The Balaban J connectivity index is 1.58. The van der Waals surface area contributed by atoms with Crippen molar-refractivity contribution in [1.82, 2.24) is 14.8 Å². The van der Waals surface area contributed by atoms with Gasteiger partial charge in [-0.05, 0) is 43.7 Å². The van der Waals surface area contributed by atoms with Gasteiger partial charge in [0, 0.05) is 17.1 Å². The fraction of sp³-hybridized carbons (Fsp3) is 0.381. The molecule has 0 aliphatic heterocycles. The number of ether oxygens (including phenoxy) is 1. The van der Waals surface area contributed by atoms with Crippen molar-refractivity contribution in [3.8, 4) is 11.5 Å². The summed E-state index contributed by atoms with van der Waals surface area (Å²) in [5, 5.41) is 10.7. The molecule has 31 heavy (non-hydrogen) atoms. The zero-order valence-electron chi connectivity index (χ0n) is 17.2. The number of hydrogen-bond donors (Lipinski definition) is 1. The van der Waals surface area contributed by atoms with Crippen LogP contribution < -0.4 is 10.9 Å². The van der Waals surface area contributed by atoms with Gasteiger partial charge in [0.2, 0.25) is 18.2 Å². The summed E-state index contributed by atoms with van der Waals surface area (Å²) in [6.07, 6.45) is 5.31. The van der Waals surface area contributed by atoms with Crippen LogP contribution in [0.4, 0.5) is 5.00 Å². The van der Waals surface area contributed by atoms with Crippen LogP contribution in [0.25, 0.3) is 11.5 Å². The summed E-state index contributed by atoms with van der Waals surface area (Å²) in [6, 6.07) is 2.89. The van der Waals surface area contributed by atoms with Crippen LogP contribution in [-0.2, 0) is 28.9 Å². The molecule has 1 aliphatic rings. The van der Waals surface area contributed by atoms with Crippen LogP contribution in [-0.4, -0.2) is 33.2 Å². The van der Waals surface area contributed by atoms with Crippen molar-refractivity contribution in [3.63, 3.8) is 0 Å². The van der Waals surface area contributed by atoms with E-state index in [2.05, 4.69) is 22.4 Å². The van der Waals surface area contributed by atoms with E-state index in [1.54, 1.807) is 13.0 Å². The zero-order chi connectivity index (χ0) is 22.0. The molecule has 0 spiro atoms. The van der Waals surface area contributed by atoms with E-state index in [9.17, 15) is 14.4 Å². The van der Waals surface area contributed by atoms with Gasteiger partial charge in [0.15, 0.2) is 0 Å². The first-order valence-corrected chi connectivity index (χ1v) is 10.9. The third-order valence-electron chi connectivity index (χ3n) is 5.15. The molecule has 3 aromatic rings. The molecule has 10 heteroatoms. The Labute approximate surface area is 182 Å². The monoisotopic (exact) mass is 442 g/mol. The molecule has 1 amide bonds. The summed E-state index contributed by atoms with van der Waals surface area (Å²) in [6.45, 7) is 3.96. The molecule has 3 heterocycles. The lowest BCUT2D eigenvalue weighted by molar-refractivity contribution is -0.116. The Hall–Kier alpha value is -3.27. The van der Waals surface area contributed by atoms with Crippen LogP contribution in [0.2, 0.25) is 0 Å². The number of amides is 1. The number of esters is 1. The smallest absolute Gasteiger partial charge is 0.341 e. The highest BCUT2D eigenvalue weighted by Gasteiger charge is 2.29. The molecule has 1 aliphatic carbocycles. The molecule has 1 N–H and O–H groups in total. The van der Waals surface area contributed by atoms with E-state index < -0.39 is 11.9 Å². The summed E-state index contributed by atoms with van der Waals surface area (Å²) in [5.41, 5.74) is 1.59. The number of aromatic nitrogens is 3. The van der Waals surface area contributed by atoms with Gasteiger partial charge in [0.05, 0.1) is 17.7 Å². The fourth-order valence-corrected chi connectivity index (χ4v) is 5.07. The number of anilines is 1. The number of nitrogens with zero attached hydrogens (tertiary/aromatic N) is 3. The minimum atomic E-state index is -0.430. The number of thiophene rings is 1. The lowest BCUT2D eigenvalue weighted by Gasteiger charge is -2.18. The molecule has 0 fully saturated rings. The minimum Gasteiger partial charge on any atom is -0.462 e. The molecule has 0 bridgehead atoms. The largest absolute Gasteiger partial charge is 0.462 e. The lowest BCUT2D eigenvalue weighted by Crippen LogP contribution is -2.27. The van der Waals surface area contributed by atoms with Gasteiger partial charge in [0.1, 0.15) is 11.5 Å². The molecule has 0 saturated carbocycles. The van der Waals surface area contributed by atoms with Crippen LogP contribution >= 0.6 is 11.3 Å². The van der Waals surface area contributed by atoms with Crippen LogP contribution in [0.3, 0.4) is 0 Å². The first kappa shape index (κ1) is 21.0. The van der Waals surface area contributed by atoms with Crippen molar-refractivity contribution >= 4 is 28.2 Å². The van der Waals surface area contributed by atoms with Gasteiger partial charge < -0.3 is 19.0 Å². The highest BCUT2D eigenvalue weighted by molar-refractivity contribution is 7.17. The highest BCUT2D eigenvalue weighted by atomic mass is 32.1. The van der Waals surface area contributed by atoms with Gasteiger partial charge in [0.25, 0.3) is 5.56 Å². The maximum atomic E-state index is 12.8. The number of fused-ring (bicyclic) bond motifs is 1. The Morgan fingerprint density at radius 2 is 2.23 bits per heavy atom. The van der Waals surface area contributed by atoms with Crippen LogP contribution in [0.15, 0.2) is 33.9 Å². The summed E-state index contributed by atoms with van der Waals surface area (Å²) in [5.74, 6) is -0.0723. The first-order valence-electron chi connectivity index (χ1n) is 10.0. The predicted molar refractivity (Wildman–Crippen MR) is 114 cm³/mol. The standard InChI is InChI=1S/C21H22N4O5S/c1-3-29-21(28)18-14-6-4-12(2)8-15(14)31-20(18)23-16(26)10-25-9-13(5-7-17(25)27)19-24-22-11-30-19/h5,7,9,11-12H,3-4,6,8,10H2,1-2H3,(H,23,26)/t12-/m1/s1. The van der Waals surface area contributed by atoms with Gasteiger partial charge in [-0.25, -0.2) is 4.79 Å². The van der Waals surface area contributed by atoms with Crippen LogP contribution in [0, 0.1) is 5.92 Å². The second-order valence-electron chi connectivity index (χ2n) is 7.45. The second kappa shape index (κ2) is 8.84. The van der Waals surface area contributed by atoms with Crippen molar-refractivity contribution in [2.24, 2.45) is 5.92 Å². The lowest BCUT2D eigenvalue weighted by atomic mass is 9.88. The van der Waals surface area contributed by atoms with Gasteiger partial charge in [-0.1, -0.05) is 6.92 Å². The fourth-order valence-electron chi connectivity index (χ4n) is 3.66. The van der Waals surface area contributed by atoms with Crippen molar-refractivity contribution < 1.29 is 18.7 Å². The number of carbonyl (C=O) groups is 2. The number of carbonyl (C=O) groups excluding carboxylic acids is 2. The van der Waals surface area contributed by atoms with E-state index in [1.807, 2.05) is 0 Å². The predicted octanol–water partition coefficient (Wildman–Crippen LogP) is 2.90. The summed E-state index contributed by atoms with van der Waals surface area (Å²) < 4.78 is 11.6. The normalized spacial score (nSPS) is 15.4. The topological polar surface area (TPSA) is 116 Å². The molecule has 1 atom stereocenters. The Kier molecular flexibility index (Phi) is 5.99. The first-order chi connectivity index (χ1) is 15.0. The average molecular weight is 442 g/mol. The Morgan fingerprint density at radius 1 is 1.39 bits per heavy atom. The molecule has 0 aromatic carbocycles. The number of hydrogen-bond acceptors (Lipinski definition) is 8. The molecular weight excluding hydrogens is 420 g/mol. The molecule has 3 aromatic heterocycles. The number of pyridine rings is 1. The second-order valence-corrected chi connectivity index (χ2v) is 8.56. The van der Waals surface area contributed by atoms with E-state index in [1.165, 1.54) is 34.6 Å². The minimum absolute atomic E-state index is 0.220. The van der Waals surface area contributed by atoms with Gasteiger partial charge in [-0.3, -0.25) is 9.59 Å². The van der Waals surface area contributed by atoms with Gasteiger partial charge in [-0.2, -0.15) is 0 Å². The van der Waals surface area contributed by atoms with Gasteiger partial charge in [-0.15, -0.1) is 21.5 Å². The SMILES string of the molecule is CCOC(=O)c1c(NC(=O)Cn2cc(-c3nnco3)ccc2=O)sc2c1CC[C@@H](C)C2. The Morgan fingerprint density at radius 3 is 2.97 bits per heavy atom.